The molecule has 0 aliphatic heterocycles. The van der Waals surface area contributed by atoms with Gasteiger partial charge in [0.25, 0.3) is 10.0 Å². The van der Waals surface area contributed by atoms with Gasteiger partial charge in [-0.1, -0.05) is 29.8 Å². The summed E-state index contributed by atoms with van der Waals surface area (Å²) in [5.41, 5.74) is 3.02. The molecular formula is C24H26N2O5S. The van der Waals surface area contributed by atoms with E-state index in [4.69, 9.17) is 9.47 Å². The van der Waals surface area contributed by atoms with E-state index in [0.717, 1.165) is 11.1 Å². The Morgan fingerprint density at radius 3 is 2.09 bits per heavy atom. The Morgan fingerprint density at radius 2 is 1.47 bits per heavy atom. The van der Waals surface area contributed by atoms with Gasteiger partial charge in [-0.15, -0.1) is 0 Å². The van der Waals surface area contributed by atoms with Crippen molar-refractivity contribution in [3.05, 3.63) is 77.9 Å². The summed E-state index contributed by atoms with van der Waals surface area (Å²) in [5.74, 6) is 0.953. The molecular weight excluding hydrogens is 428 g/mol. The van der Waals surface area contributed by atoms with Gasteiger partial charge in [-0.05, 0) is 55.3 Å². The minimum absolute atomic E-state index is 0.157. The lowest BCUT2D eigenvalue weighted by Crippen LogP contribution is -2.13. The van der Waals surface area contributed by atoms with Crippen molar-refractivity contribution in [3.63, 3.8) is 0 Å². The van der Waals surface area contributed by atoms with Crippen LogP contribution < -0.4 is 19.5 Å². The fraction of sp³-hybridized carbons (Fsp3) is 0.208. The van der Waals surface area contributed by atoms with Crippen LogP contribution in [0.4, 0.5) is 11.4 Å². The normalized spacial score (nSPS) is 11.0. The molecule has 0 heterocycles. The molecule has 3 aromatic rings. The minimum Gasteiger partial charge on any atom is -0.493 e. The highest BCUT2D eigenvalue weighted by Gasteiger charge is 2.14. The maximum Gasteiger partial charge on any atom is 0.261 e. The first kappa shape index (κ1) is 23.1. The highest BCUT2D eigenvalue weighted by Crippen LogP contribution is 2.29. The van der Waals surface area contributed by atoms with Gasteiger partial charge in [-0.3, -0.25) is 9.52 Å². The molecule has 3 rings (SSSR count). The summed E-state index contributed by atoms with van der Waals surface area (Å²) in [7, 11) is -0.601. The van der Waals surface area contributed by atoms with Crippen molar-refractivity contribution in [3.8, 4) is 11.5 Å². The van der Waals surface area contributed by atoms with Crippen LogP contribution in [0.5, 0.6) is 11.5 Å². The molecule has 1 amide bonds. The van der Waals surface area contributed by atoms with Crippen LogP contribution in [0.1, 0.15) is 17.5 Å². The Balaban J connectivity index is 1.57. The zero-order chi connectivity index (χ0) is 23.1. The van der Waals surface area contributed by atoms with Gasteiger partial charge in [0.15, 0.2) is 11.5 Å². The number of hydrogen-bond donors (Lipinski definition) is 2. The summed E-state index contributed by atoms with van der Waals surface area (Å²) >= 11 is 0. The molecule has 0 unspecified atom stereocenters. The van der Waals surface area contributed by atoms with Gasteiger partial charge in [0.05, 0.1) is 19.1 Å². The Hall–Kier alpha value is -3.52. The summed E-state index contributed by atoms with van der Waals surface area (Å²) in [6.07, 6.45) is 0.729. The molecule has 7 nitrogen and oxygen atoms in total. The molecule has 0 spiro atoms. The van der Waals surface area contributed by atoms with E-state index in [-0.39, 0.29) is 17.2 Å². The number of anilines is 2. The lowest BCUT2D eigenvalue weighted by molar-refractivity contribution is -0.116. The predicted octanol–water partition coefficient (Wildman–Crippen LogP) is 4.38. The number of methoxy groups -OCH3 is 2. The van der Waals surface area contributed by atoms with Crippen LogP contribution in [0.25, 0.3) is 0 Å². The van der Waals surface area contributed by atoms with E-state index in [0.29, 0.717) is 29.3 Å². The summed E-state index contributed by atoms with van der Waals surface area (Å²) in [6, 6.07) is 18.8. The first-order chi connectivity index (χ1) is 15.3. The van der Waals surface area contributed by atoms with Crippen LogP contribution in [-0.2, 0) is 21.2 Å². The molecule has 0 atom stereocenters. The van der Waals surface area contributed by atoms with E-state index < -0.39 is 10.0 Å². The highest BCUT2D eigenvalue weighted by atomic mass is 32.2. The number of benzene rings is 3. The third-order valence-corrected chi connectivity index (χ3v) is 6.24. The molecule has 3 aromatic carbocycles. The van der Waals surface area contributed by atoms with Crippen LogP contribution in [-0.4, -0.2) is 28.5 Å². The third kappa shape index (κ3) is 6.01. The monoisotopic (exact) mass is 454 g/mol. The van der Waals surface area contributed by atoms with E-state index in [9.17, 15) is 13.2 Å². The van der Waals surface area contributed by atoms with E-state index in [1.165, 1.54) is 19.2 Å². The Kier molecular flexibility index (Phi) is 7.37. The summed E-state index contributed by atoms with van der Waals surface area (Å²) in [4.78, 5) is 12.5. The van der Waals surface area contributed by atoms with Crippen molar-refractivity contribution >= 4 is 27.3 Å². The van der Waals surface area contributed by atoms with Crippen molar-refractivity contribution < 1.29 is 22.7 Å². The number of aryl methyl sites for hydroxylation is 2. The second kappa shape index (κ2) is 10.2. The lowest BCUT2D eigenvalue weighted by Gasteiger charge is -2.11. The molecule has 0 bridgehead atoms. The fourth-order valence-electron chi connectivity index (χ4n) is 3.07. The molecule has 0 saturated carbocycles. The van der Waals surface area contributed by atoms with Crippen LogP contribution in [0, 0.1) is 6.92 Å². The Bertz CT molecular complexity index is 1170. The average Bonchev–Trinajstić information content (AvgIpc) is 2.79. The SMILES string of the molecule is COc1ccc(NC(=O)CCc2ccc(S(=O)(=O)Nc3ccc(C)cc3)cc2)cc1OC. The third-order valence-electron chi connectivity index (χ3n) is 4.85. The number of nitrogens with one attached hydrogen (secondary N) is 2. The van der Waals surface area contributed by atoms with E-state index in [2.05, 4.69) is 10.0 Å². The van der Waals surface area contributed by atoms with Crippen molar-refractivity contribution in [1.29, 1.82) is 0 Å². The van der Waals surface area contributed by atoms with Gasteiger partial charge in [-0.25, -0.2) is 8.42 Å². The molecule has 2 N–H and O–H groups in total. The summed E-state index contributed by atoms with van der Waals surface area (Å²) in [6.45, 7) is 1.94. The average molecular weight is 455 g/mol. The van der Waals surface area contributed by atoms with Gasteiger partial charge < -0.3 is 14.8 Å². The number of amides is 1. The minimum atomic E-state index is -3.68. The van der Waals surface area contributed by atoms with Crippen molar-refractivity contribution in [2.75, 3.05) is 24.3 Å². The fourth-order valence-corrected chi connectivity index (χ4v) is 4.12. The molecule has 32 heavy (non-hydrogen) atoms. The lowest BCUT2D eigenvalue weighted by atomic mass is 10.1. The second-order valence-electron chi connectivity index (χ2n) is 7.23. The van der Waals surface area contributed by atoms with Gasteiger partial charge in [0.1, 0.15) is 0 Å². The van der Waals surface area contributed by atoms with E-state index in [1.807, 2.05) is 19.1 Å². The van der Waals surface area contributed by atoms with Crippen LogP contribution in [0.3, 0.4) is 0 Å². The summed E-state index contributed by atoms with van der Waals surface area (Å²) in [5, 5.41) is 2.82. The molecule has 0 radical (unpaired) electrons. The first-order valence-corrected chi connectivity index (χ1v) is 11.5. The van der Waals surface area contributed by atoms with E-state index >= 15 is 0 Å². The number of hydrogen-bond acceptors (Lipinski definition) is 5. The van der Waals surface area contributed by atoms with Gasteiger partial charge in [0, 0.05) is 23.9 Å². The summed E-state index contributed by atoms with van der Waals surface area (Å²) < 4.78 is 38.1. The largest absolute Gasteiger partial charge is 0.493 e. The molecule has 0 aromatic heterocycles. The van der Waals surface area contributed by atoms with Crippen LogP contribution in [0.2, 0.25) is 0 Å². The van der Waals surface area contributed by atoms with Crippen LogP contribution >= 0.6 is 0 Å². The second-order valence-corrected chi connectivity index (χ2v) is 8.92. The van der Waals surface area contributed by atoms with Crippen molar-refractivity contribution in [2.24, 2.45) is 0 Å². The van der Waals surface area contributed by atoms with Crippen LogP contribution in [0.15, 0.2) is 71.6 Å². The molecule has 0 aliphatic rings. The smallest absolute Gasteiger partial charge is 0.261 e. The molecule has 0 aliphatic carbocycles. The number of carbonyl (C=O) groups is 1. The predicted molar refractivity (Wildman–Crippen MR) is 125 cm³/mol. The molecule has 8 heteroatoms. The highest BCUT2D eigenvalue weighted by molar-refractivity contribution is 7.92. The molecule has 168 valence electrons. The van der Waals surface area contributed by atoms with Gasteiger partial charge in [-0.2, -0.15) is 0 Å². The number of carbonyl (C=O) groups excluding carboxylic acids is 1. The van der Waals surface area contributed by atoms with Gasteiger partial charge in [0.2, 0.25) is 5.91 Å². The topological polar surface area (TPSA) is 93.7 Å². The van der Waals surface area contributed by atoms with Gasteiger partial charge >= 0.3 is 0 Å². The molecule has 0 fully saturated rings. The Morgan fingerprint density at radius 1 is 0.844 bits per heavy atom. The van der Waals surface area contributed by atoms with Crippen molar-refractivity contribution in [2.45, 2.75) is 24.7 Å². The number of ether oxygens (including phenoxy) is 2. The maximum atomic E-state index is 12.6. The quantitative estimate of drug-likeness (QED) is 0.500. The standard InChI is InChI=1S/C24H26N2O5S/c1-17-4-9-19(10-5-17)26-32(28,29)21-12-6-18(7-13-21)8-15-24(27)25-20-11-14-22(30-2)23(16-20)31-3/h4-7,9-14,16,26H,8,15H2,1-3H3,(H,25,27). The molecule has 0 saturated heterocycles. The van der Waals surface area contributed by atoms with Crippen molar-refractivity contribution in [1.82, 2.24) is 0 Å². The zero-order valence-electron chi connectivity index (χ0n) is 18.2. The maximum absolute atomic E-state index is 12.6. The first-order valence-electron chi connectivity index (χ1n) is 10.0. The number of sulfonamides is 1. The van der Waals surface area contributed by atoms with E-state index in [1.54, 1.807) is 49.6 Å². The number of rotatable bonds is 9. The Labute approximate surface area is 188 Å². The zero-order valence-corrected chi connectivity index (χ0v) is 19.0.